The molecule has 2 saturated heterocycles. The Morgan fingerprint density at radius 2 is 1.40 bits per heavy atom. The molecule has 0 saturated carbocycles. The van der Waals surface area contributed by atoms with E-state index in [-0.39, 0.29) is 80.3 Å². The largest absolute Gasteiger partial charge is 0.508 e. The summed E-state index contributed by atoms with van der Waals surface area (Å²) in [6, 6.07) is 16.1. The van der Waals surface area contributed by atoms with Crippen LogP contribution in [0.25, 0.3) is 11.1 Å². The molecule has 608 valence electrons. The highest BCUT2D eigenvalue weighted by Crippen LogP contribution is 2.51. The van der Waals surface area contributed by atoms with Crippen LogP contribution in [-0.4, -0.2) is 175 Å². The van der Waals surface area contributed by atoms with Crippen LogP contribution in [-0.2, 0) is 63.8 Å². The summed E-state index contributed by atoms with van der Waals surface area (Å²) >= 11 is 14.4. The number of phenolic OH excluding ortho intramolecular Hbond substituents is 3. The van der Waals surface area contributed by atoms with Crippen LogP contribution in [0.3, 0.4) is 0 Å². The molecule has 33 heteroatoms. The van der Waals surface area contributed by atoms with Gasteiger partial charge in [-0.05, 0) is 127 Å². The first-order chi connectivity index (χ1) is 53.9. The maximum atomic E-state index is 16.3. The third-order valence-corrected chi connectivity index (χ3v) is 22.2. The number of ketones is 2. The van der Waals surface area contributed by atoms with Crippen molar-refractivity contribution in [2.45, 2.75) is 197 Å². The number of fused-ring (bicyclic) bond motifs is 15. The maximum absolute atomic E-state index is 16.3. The molecule has 13 rings (SSSR count). The van der Waals surface area contributed by atoms with Gasteiger partial charge >= 0.3 is 0 Å². The van der Waals surface area contributed by atoms with Crippen molar-refractivity contribution in [2.24, 2.45) is 23.5 Å². The van der Waals surface area contributed by atoms with Crippen molar-refractivity contribution < 1.29 is 117 Å². The third kappa shape index (κ3) is 19.3. The van der Waals surface area contributed by atoms with Gasteiger partial charge in [-0.2, -0.15) is 0 Å². The molecule has 18 atom stereocenters. The Balaban J connectivity index is 1.11. The average molecular weight is 1630 g/mol. The highest BCUT2D eigenvalue weighted by molar-refractivity contribution is 6.83. The van der Waals surface area contributed by atoms with Gasteiger partial charge in [0.1, 0.15) is 85.5 Å². The van der Waals surface area contributed by atoms with E-state index in [2.05, 4.69) is 57.7 Å². The van der Waals surface area contributed by atoms with Gasteiger partial charge in [0.05, 0.1) is 40.7 Å². The van der Waals surface area contributed by atoms with Crippen LogP contribution >= 0.6 is 23.2 Å². The molecule has 0 radical (unpaired) electrons. The van der Waals surface area contributed by atoms with Crippen molar-refractivity contribution in [1.82, 2.24) is 26.6 Å². The fraction of sp³-hybridized carbons (Fsp3) is 0.432. The standard InChI is InChI=1S/C81H92Cl2N6O24Si/c1-9-41(22-37(2)3)75(103)87-66-55(95)26-46(29-62(84)97)76(104)86-65-45-27-59(109-57-18-15-43(68(66)98)24-51(57)82)72(113-80-73(71(101)70(100)61(35-90)111-80)112-63-33-81(5,74(102)38(4)108-63)85-34-40-12-10-39(11-13-40)20-21-114(6,7)8)60(28-45)110-58-19-16-44(25-52(58)83)69(99)67-78(106)89-79(107-36-91)50-30-47(92)31-54(94)64(50)49-23-42(14-17-53(49)93)48(32-56(65)96)77(105)88-67/h10-19,23-25,27-28,30-31,36-38,41,46,48,61,63,65-71,73-74,79-80,85,90,92-94,98-102H,9,22,26,29,32-35H2,1-8H3,(H2,84,97)(H,86,104)(H,87,103)(H,88,105)(H,89,106)/t38-,41+,46-,48-,61+,63-,65+,66-,67-,68+,69+,70?,71?,73+,74+,79+,80-,81?/m0/s1. The molecule has 0 aliphatic carbocycles. The molecule has 6 aromatic carbocycles. The molecular formula is C81H92Cl2N6O24Si. The molecule has 0 aromatic heterocycles. The molecule has 5 amide bonds. The van der Waals surface area contributed by atoms with Crippen molar-refractivity contribution >= 4 is 78.9 Å². The summed E-state index contributed by atoms with van der Waals surface area (Å²) in [6.45, 7) is 14.4. The minimum atomic E-state index is -2.18. The van der Waals surface area contributed by atoms with Crippen LogP contribution in [0.2, 0.25) is 29.7 Å². The van der Waals surface area contributed by atoms with E-state index in [0.717, 1.165) is 53.6 Å². The van der Waals surface area contributed by atoms with E-state index in [0.29, 0.717) is 12.8 Å². The van der Waals surface area contributed by atoms with E-state index in [1.807, 2.05) is 38.1 Å². The number of aliphatic hydroxyl groups excluding tert-OH is 6. The van der Waals surface area contributed by atoms with E-state index in [9.17, 15) is 60.3 Å². The molecule has 2 fully saturated rings. The lowest BCUT2D eigenvalue weighted by molar-refractivity contribution is -0.334. The fourth-order valence-electron chi connectivity index (χ4n) is 14.6. The lowest BCUT2D eigenvalue weighted by atomic mass is 9.84. The molecule has 7 aliphatic heterocycles. The zero-order valence-corrected chi connectivity index (χ0v) is 65.9. The molecule has 7 aliphatic rings. The van der Waals surface area contributed by atoms with Crippen molar-refractivity contribution in [1.29, 1.82) is 0 Å². The normalized spacial score (nSPS) is 27.5. The van der Waals surface area contributed by atoms with Crippen molar-refractivity contribution in [3.63, 3.8) is 0 Å². The van der Waals surface area contributed by atoms with Gasteiger partial charge in [-0.15, -0.1) is 5.54 Å². The first-order valence-electron chi connectivity index (χ1n) is 37.1. The van der Waals surface area contributed by atoms with E-state index >= 15 is 24.0 Å². The third-order valence-electron chi connectivity index (χ3n) is 20.7. The molecule has 6 aromatic rings. The second kappa shape index (κ2) is 35.5. The van der Waals surface area contributed by atoms with Crippen LogP contribution in [0.4, 0.5) is 0 Å². The molecule has 11 bridgehead atoms. The number of hydrogen-bond donors (Lipinski definition) is 15. The second-order valence-electron chi connectivity index (χ2n) is 30.9. The van der Waals surface area contributed by atoms with E-state index in [1.54, 1.807) is 20.8 Å². The number of nitrogens with two attached hydrogens (primary N) is 1. The van der Waals surface area contributed by atoms with Crippen molar-refractivity contribution in [2.75, 3.05) is 6.61 Å². The summed E-state index contributed by atoms with van der Waals surface area (Å²) in [5, 5.41) is 119. The molecule has 0 spiro atoms. The van der Waals surface area contributed by atoms with Crippen molar-refractivity contribution in [3.05, 3.63) is 152 Å². The first-order valence-corrected chi connectivity index (χ1v) is 41.4. The summed E-state index contributed by atoms with van der Waals surface area (Å²) in [7, 11) is -1.69. The van der Waals surface area contributed by atoms with Gasteiger partial charge in [-0.25, -0.2) is 0 Å². The minimum absolute atomic E-state index is 0.0163. The first kappa shape index (κ1) is 85.1. The van der Waals surface area contributed by atoms with E-state index in [4.69, 9.17) is 62.1 Å². The monoisotopic (exact) mass is 1630 g/mol. The maximum Gasteiger partial charge on any atom is 0.295 e. The predicted molar refractivity (Wildman–Crippen MR) is 412 cm³/mol. The smallest absolute Gasteiger partial charge is 0.295 e. The Bertz CT molecular complexity index is 4730. The number of amides is 5. The van der Waals surface area contributed by atoms with Gasteiger partial charge in [0.2, 0.25) is 47.8 Å². The Labute approximate surface area is 666 Å². The van der Waals surface area contributed by atoms with E-state index < -0.39 is 224 Å². The molecule has 3 unspecified atom stereocenters. The molecule has 30 nitrogen and oxygen atoms in total. The van der Waals surface area contributed by atoms with Crippen LogP contribution in [0.1, 0.15) is 142 Å². The number of nitrogens with one attached hydrogen (secondary N) is 5. The highest BCUT2D eigenvalue weighted by atomic mass is 35.5. The van der Waals surface area contributed by atoms with Gasteiger partial charge in [0.25, 0.3) is 6.47 Å². The highest BCUT2D eigenvalue weighted by Gasteiger charge is 2.52. The summed E-state index contributed by atoms with van der Waals surface area (Å²) in [4.78, 5) is 118. The number of carbonyl (C=O) groups excluding carboxylic acids is 8. The lowest BCUT2D eigenvalue weighted by Crippen LogP contribution is -2.65. The number of rotatable bonds is 17. The summed E-state index contributed by atoms with van der Waals surface area (Å²) < 4.78 is 45.0. The van der Waals surface area contributed by atoms with Crippen LogP contribution in [0, 0.1) is 29.2 Å². The SMILES string of the molecule is CC[C@H](CC(C)C)C(=O)N[C@H]1C(=O)C[C@@H](CC(N)=O)C(=O)N[C@H]2C(=O)C[C@@H]3C(=O)N[C@H](C(=O)N[C@H](OC=O)c4cc(O)cc(O)c4-c4cc3ccc4O)[C@H](O)c3ccc(c(Cl)c3)Oc3cc2cc(c3O[C@@H]2O[C@H](CO)C(O)C(O)[C@H]2O[C@H]2CC(C)(NCc3ccc(C#C[Si](C)(C)C)cc3)[C@H](O)[C@H](C)O2)Oc2ccc(cc2Cl)[C@H]1O. The molecule has 114 heavy (non-hydrogen) atoms. The average Bonchev–Trinajstić information content (AvgIpc) is 0.767. The number of carbonyl (C=O) groups is 8. The summed E-state index contributed by atoms with van der Waals surface area (Å²) in [5.41, 5.74) is 7.71. The number of primary amides is 1. The minimum Gasteiger partial charge on any atom is -0.508 e. The second-order valence-corrected chi connectivity index (χ2v) is 36.4. The number of aromatic hydroxyl groups is 3. The van der Waals surface area contributed by atoms with E-state index in [1.165, 1.54) is 36.4 Å². The Morgan fingerprint density at radius 3 is 2.01 bits per heavy atom. The fourth-order valence-corrected chi connectivity index (χ4v) is 15.6. The zero-order chi connectivity index (χ0) is 82.7. The molecule has 7 heterocycles. The number of halogens is 2. The quantitative estimate of drug-likeness (QED) is 0.0259. The van der Waals surface area contributed by atoms with Gasteiger partial charge in [0, 0.05) is 72.0 Å². The van der Waals surface area contributed by atoms with Crippen LogP contribution in [0.15, 0.2) is 103 Å². The zero-order valence-electron chi connectivity index (χ0n) is 63.4. The van der Waals surface area contributed by atoms with Gasteiger partial charge in [-0.1, -0.05) is 99.9 Å². The van der Waals surface area contributed by atoms with Crippen molar-refractivity contribution in [3.8, 4) is 68.6 Å². The lowest BCUT2D eigenvalue weighted by Gasteiger charge is -2.48. The number of aliphatic hydroxyl groups is 6. The number of Topliss-reactive ketones (excluding diaryl/α,β-unsaturated/α-hetero) is 2. The topological polar surface area (TPSA) is 469 Å². The van der Waals surface area contributed by atoms with Crippen LogP contribution < -0.4 is 46.5 Å². The Kier molecular flexibility index (Phi) is 26.5. The van der Waals surface area contributed by atoms with Gasteiger partial charge < -0.3 is 111 Å². The number of benzene rings is 6. The summed E-state index contributed by atoms with van der Waals surface area (Å²) in [6.07, 6.45) is -21.6. The summed E-state index contributed by atoms with van der Waals surface area (Å²) in [5.74, 6) is -13.4. The van der Waals surface area contributed by atoms with Gasteiger partial charge in [0.15, 0.2) is 35.5 Å². The number of phenols is 3. The Morgan fingerprint density at radius 1 is 0.754 bits per heavy atom. The number of ether oxygens (including phenoxy) is 7. The molecular weight excluding hydrogens is 1540 g/mol. The number of hydrogen-bond acceptors (Lipinski definition) is 25. The van der Waals surface area contributed by atoms with Gasteiger partial charge in [-0.3, -0.25) is 38.4 Å². The predicted octanol–water partition coefficient (Wildman–Crippen LogP) is 6.63. The Hall–Kier alpha value is -9.76. The van der Waals surface area contributed by atoms with Crippen LogP contribution in [0.5, 0.6) is 46.0 Å². The molecule has 16 N–H and O–H groups in total.